The largest absolute Gasteiger partial charge is 0 e. The van der Waals surface area contributed by atoms with Crippen molar-refractivity contribution in [2.24, 2.45) is 0 Å². The van der Waals surface area contributed by atoms with Gasteiger partial charge < -0.3 is 0 Å². The Morgan fingerprint density at radius 3 is 1.25 bits per heavy atom. The van der Waals surface area contributed by atoms with E-state index in [2.05, 4.69) is 0 Å². The third kappa shape index (κ3) is 10.7. The molecule has 26 valence electrons. The second kappa shape index (κ2) is 8.88. The van der Waals surface area contributed by atoms with Gasteiger partial charge in [0.05, 0.1) is 0 Å². The van der Waals surface area contributed by atoms with Crippen LogP contribution in [0.15, 0.2) is 0 Å². The summed E-state index contributed by atoms with van der Waals surface area (Å²) < 4.78 is 17.1. The van der Waals surface area contributed by atoms with Gasteiger partial charge in [0, 0.05) is 21.1 Å². The molecule has 0 aromatic heterocycles. The average Bonchev–Trinajstić information content (AvgIpc) is 0.918. The summed E-state index contributed by atoms with van der Waals surface area (Å²) in [6, 6.07) is 0. The summed E-state index contributed by atoms with van der Waals surface area (Å²) in [5, 5.41) is 0. The average molecular weight is 434 g/mol. The molecule has 0 bridgehead atoms. The molecule has 0 amide bonds. The fourth-order valence-electron chi connectivity index (χ4n) is 0. The van der Waals surface area contributed by atoms with Gasteiger partial charge in [-0.05, 0) is 0 Å². The molecule has 0 unspecified atom stereocenters. The second-order valence-electron chi connectivity index (χ2n) is 0.0833. The van der Waals surface area contributed by atoms with Gasteiger partial charge in [0.25, 0.3) is 0 Å². The van der Waals surface area contributed by atoms with Crippen molar-refractivity contribution in [1.29, 1.82) is 0 Å². The van der Waals surface area contributed by atoms with Gasteiger partial charge in [0.2, 0.25) is 0 Å². The molecular weight excluding hydrogens is 434 g/mol. The molecule has 4 heavy (non-hydrogen) atoms. The van der Waals surface area contributed by atoms with E-state index >= 15 is 0 Å². The van der Waals surface area contributed by atoms with Crippen LogP contribution in [-0.4, -0.2) is 24.3 Å². The molecule has 0 saturated carbocycles. The van der Waals surface area contributed by atoms with Gasteiger partial charge in [-0.25, -0.2) is 0 Å². The molecule has 4 heteroatoms. The monoisotopic (exact) mass is 435 g/mol. The first-order valence-corrected chi connectivity index (χ1v) is 3.58. The Hall–Kier alpha value is 1.21. The molecule has 0 fully saturated rings. The predicted octanol–water partition coefficient (Wildman–Crippen LogP) is -0.621. The van der Waals surface area contributed by atoms with Crippen LogP contribution in [0.1, 0.15) is 0 Å². The van der Waals surface area contributed by atoms with Gasteiger partial charge in [0.15, 0.2) is 0 Å². The zero-order chi connectivity index (χ0) is 2.71. The van der Waals surface area contributed by atoms with Gasteiger partial charge in [0.1, 0.15) is 0 Å². The third-order valence-electron chi connectivity index (χ3n) is 0. The maximum absolute atomic E-state index is 8.57. The number of rotatable bonds is 0. The Kier molecular flexibility index (Phi) is 19.9. The summed E-state index contributed by atoms with van der Waals surface area (Å²) >= 11 is -2.42. The summed E-state index contributed by atoms with van der Waals surface area (Å²) in [6.45, 7) is 0. The van der Waals surface area contributed by atoms with E-state index in [1.807, 2.05) is 0 Å². The SMILES string of the molecule is [O]=[Pb]=[O].[Pt]. The molecule has 0 aromatic rings. The maximum Gasteiger partial charge on any atom is 0 e. The minimum absolute atomic E-state index is 0. The van der Waals surface area contributed by atoms with Crippen molar-refractivity contribution in [3.05, 3.63) is 0 Å². The molecule has 0 N–H and O–H groups in total. The van der Waals surface area contributed by atoms with E-state index in [0.717, 1.165) is 0 Å². The topological polar surface area (TPSA) is 34.1 Å². The number of hydrogen-bond donors (Lipinski definition) is 0. The van der Waals surface area contributed by atoms with Crippen LogP contribution in [0, 0.1) is 0 Å². The minimum Gasteiger partial charge on any atom is 0 e. The van der Waals surface area contributed by atoms with Crippen LogP contribution in [0.2, 0.25) is 0 Å². The van der Waals surface area contributed by atoms with Crippen molar-refractivity contribution >= 4 is 24.3 Å². The van der Waals surface area contributed by atoms with Gasteiger partial charge in [-0.15, -0.1) is 0 Å². The molecule has 0 radical (unpaired) electrons. The molecule has 0 saturated heterocycles. The molecule has 0 rings (SSSR count). The Bertz CT molecular complexity index is 27.0. The van der Waals surface area contributed by atoms with Crippen LogP contribution in [-0.2, 0) is 26.4 Å². The van der Waals surface area contributed by atoms with Gasteiger partial charge in [-0.1, -0.05) is 0 Å². The first kappa shape index (κ1) is 8.96. The Morgan fingerprint density at radius 2 is 1.25 bits per heavy atom. The predicted molar refractivity (Wildman–Crippen MR) is 7.13 cm³/mol. The van der Waals surface area contributed by atoms with Crippen LogP contribution in [0.5, 0.6) is 0 Å². The molecule has 0 aliphatic heterocycles. The smallest absolute Gasteiger partial charge is 0 e. The maximum atomic E-state index is 8.57. The van der Waals surface area contributed by atoms with Crippen LogP contribution < -0.4 is 0 Å². The molecule has 0 aromatic carbocycles. The zero-order valence-electron chi connectivity index (χ0n) is 1.63. The summed E-state index contributed by atoms with van der Waals surface area (Å²) in [6.07, 6.45) is 0. The normalized spacial score (nSPS) is 2.00. The fourth-order valence-corrected chi connectivity index (χ4v) is 0. The van der Waals surface area contributed by atoms with E-state index in [9.17, 15) is 0 Å². The molecule has 0 aliphatic carbocycles. The van der Waals surface area contributed by atoms with Crippen LogP contribution in [0.25, 0.3) is 0 Å². The minimum atomic E-state index is -2.42. The summed E-state index contributed by atoms with van der Waals surface area (Å²) in [7, 11) is 0. The fraction of sp³-hybridized carbons (Fsp3) is 0. The van der Waals surface area contributed by atoms with E-state index in [4.69, 9.17) is 5.37 Å². The number of hydrogen-bond acceptors (Lipinski definition) is 2. The van der Waals surface area contributed by atoms with E-state index in [1.54, 1.807) is 0 Å². The molecule has 0 atom stereocenters. The Labute approximate surface area is 50.4 Å². The van der Waals surface area contributed by atoms with E-state index in [1.165, 1.54) is 0 Å². The first-order valence-electron chi connectivity index (χ1n) is 0.408. The molecule has 0 spiro atoms. The van der Waals surface area contributed by atoms with Gasteiger partial charge >= 0.3 is 29.6 Å². The van der Waals surface area contributed by atoms with E-state index in [-0.39, 0.29) is 21.1 Å². The second-order valence-corrected chi connectivity index (χ2v) is 0.731. The summed E-state index contributed by atoms with van der Waals surface area (Å²) in [4.78, 5) is 0. The van der Waals surface area contributed by atoms with Crippen molar-refractivity contribution in [2.45, 2.75) is 0 Å². The quantitative estimate of drug-likeness (QED) is 0.477. The standard InChI is InChI=1S/2O.Pb.Pt. The Morgan fingerprint density at radius 1 is 1.25 bits per heavy atom. The van der Waals surface area contributed by atoms with Crippen molar-refractivity contribution in [3.63, 3.8) is 0 Å². The molecule has 2 nitrogen and oxygen atoms in total. The third-order valence-corrected chi connectivity index (χ3v) is 0. The molecule has 0 aliphatic rings. The van der Waals surface area contributed by atoms with Crippen molar-refractivity contribution in [1.82, 2.24) is 0 Å². The van der Waals surface area contributed by atoms with Crippen molar-refractivity contribution in [3.8, 4) is 0 Å². The van der Waals surface area contributed by atoms with Gasteiger partial charge in [-0.3, -0.25) is 0 Å². The van der Waals surface area contributed by atoms with Crippen molar-refractivity contribution in [2.75, 3.05) is 0 Å². The zero-order valence-corrected chi connectivity index (χ0v) is 7.79. The summed E-state index contributed by atoms with van der Waals surface area (Å²) in [5.74, 6) is 0. The molecular formula is O2PbPt. The van der Waals surface area contributed by atoms with E-state index in [0.29, 0.717) is 0 Å². The van der Waals surface area contributed by atoms with Crippen molar-refractivity contribution < 1.29 is 26.4 Å². The van der Waals surface area contributed by atoms with Crippen LogP contribution in [0.3, 0.4) is 0 Å². The summed E-state index contributed by atoms with van der Waals surface area (Å²) in [5.41, 5.74) is 0. The first-order chi connectivity index (χ1) is 1.41. The van der Waals surface area contributed by atoms with Crippen LogP contribution in [0.4, 0.5) is 0 Å². The molecule has 0 heterocycles. The van der Waals surface area contributed by atoms with Crippen LogP contribution >= 0.6 is 0 Å². The Balaban J connectivity index is 0. The van der Waals surface area contributed by atoms with Gasteiger partial charge in [-0.2, -0.15) is 0 Å². The van der Waals surface area contributed by atoms with E-state index < -0.39 is 24.3 Å².